The summed E-state index contributed by atoms with van der Waals surface area (Å²) in [7, 11) is -9.93. The lowest BCUT2D eigenvalue weighted by atomic mass is 10.0. The molecular weight excluding hydrogens is 1270 g/mol. The minimum Gasteiger partial charge on any atom is -0.462 e. The van der Waals surface area contributed by atoms with E-state index in [4.69, 9.17) is 37.0 Å². The van der Waals surface area contributed by atoms with Gasteiger partial charge in [-0.25, -0.2) is 9.13 Å². The van der Waals surface area contributed by atoms with Gasteiger partial charge in [0.25, 0.3) is 0 Å². The molecule has 0 aliphatic carbocycles. The van der Waals surface area contributed by atoms with Crippen molar-refractivity contribution in [1.82, 2.24) is 0 Å². The highest BCUT2D eigenvalue weighted by atomic mass is 31.2. The fraction of sp³-hybridized carbons (Fsp3) is 0.897. The van der Waals surface area contributed by atoms with Gasteiger partial charge in [0.05, 0.1) is 26.4 Å². The van der Waals surface area contributed by atoms with E-state index in [1.807, 2.05) is 0 Å². The summed E-state index contributed by atoms with van der Waals surface area (Å²) in [5.41, 5.74) is 0. The number of aliphatic hydroxyl groups excluding tert-OH is 1. The van der Waals surface area contributed by atoms with Crippen LogP contribution in [0.2, 0.25) is 0 Å². The largest absolute Gasteiger partial charge is 0.472 e. The zero-order chi connectivity index (χ0) is 71.6. The molecule has 0 heterocycles. The molecule has 0 saturated carbocycles. The number of hydrogen-bond donors (Lipinski definition) is 3. The Balaban J connectivity index is 5.22. The highest BCUT2D eigenvalue weighted by Gasteiger charge is 2.30. The Bertz CT molecular complexity index is 1980. The summed E-state index contributed by atoms with van der Waals surface area (Å²) in [5, 5.41) is 10.6. The summed E-state index contributed by atoms with van der Waals surface area (Å²) in [5.74, 6) is 0.0902. The molecule has 0 spiro atoms. The van der Waals surface area contributed by atoms with Gasteiger partial charge in [-0.1, -0.05) is 323 Å². The summed E-state index contributed by atoms with van der Waals surface area (Å²) in [4.78, 5) is 72.8. The molecule has 3 N–H and O–H groups in total. The number of carbonyl (C=O) groups excluding carboxylic acids is 4. The molecule has 0 aliphatic heterocycles. The zero-order valence-corrected chi connectivity index (χ0v) is 64.8. The maximum absolute atomic E-state index is 13.1. The number of rotatable bonds is 74. The smallest absolute Gasteiger partial charge is 0.462 e. The maximum atomic E-state index is 13.1. The molecule has 17 nitrogen and oxygen atoms in total. The molecule has 97 heavy (non-hydrogen) atoms. The summed E-state index contributed by atoms with van der Waals surface area (Å²) < 4.78 is 68.5. The summed E-state index contributed by atoms with van der Waals surface area (Å²) in [6.45, 7) is 11.8. The third kappa shape index (κ3) is 71.7. The van der Waals surface area contributed by atoms with Gasteiger partial charge in [-0.3, -0.25) is 37.3 Å². The topological polar surface area (TPSA) is 237 Å². The van der Waals surface area contributed by atoms with Crippen molar-refractivity contribution in [2.75, 3.05) is 39.6 Å². The van der Waals surface area contributed by atoms with E-state index in [0.29, 0.717) is 31.6 Å². The van der Waals surface area contributed by atoms with E-state index in [-0.39, 0.29) is 25.7 Å². The average Bonchev–Trinajstić information content (AvgIpc) is 1.54. The first kappa shape index (κ1) is 94.5. The van der Waals surface area contributed by atoms with Crippen LogP contribution in [0.15, 0.2) is 24.3 Å². The highest BCUT2D eigenvalue weighted by Crippen LogP contribution is 2.45. The lowest BCUT2D eigenvalue weighted by Crippen LogP contribution is -2.30. The van der Waals surface area contributed by atoms with E-state index in [0.717, 1.165) is 115 Å². The second-order valence-electron chi connectivity index (χ2n) is 28.8. The maximum Gasteiger partial charge on any atom is 0.472 e. The molecule has 0 aromatic heterocycles. The van der Waals surface area contributed by atoms with Crippen molar-refractivity contribution in [2.24, 2.45) is 17.8 Å². The fourth-order valence-electron chi connectivity index (χ4n) is 11.4. The quantitative estimate of drug-likeness (QED) is 0.0169. The molecule has 3 unspecified atom stereocenters. The molecule has 0 saturated heterocycles. The van der Waals surface area contributed by atoms with Gasteiger partial charge in [-0.05, 0) is 69.1 Å². The van der Waals surface area contributed by atoms with Crippen LogP contribution in [0.5, 0.6) is 0 Å². The van der Waals surface area contributed by atoms with Gasteiger partial charge in [-0.15, -0.1) is 0 Å². The molecule has 0 rings (SSSR count). The van der Waals surface area contributed by atoms with Gasteiger partial charge in [0.2, 0.25) is 0 Å². The Labute approximate surface area is 592 Å². The minimum atomic E-state index is -4.97. The van der Waals surface area contributed by atoms with E-state index < -0.39 is 97.5 Å². The number of ether oxygens (including phenoxy) is 4. The molecule has 0 aromatic rings. The van der Waals surface area contributed by atoms with E-state index in [2.05, 4.69) is 72.8 Å². The van der Waals surface area contributed by atoms with E-state index in [1.165, 1.54) is 173 Å². The fourth-order valence-corrected chi connectivity index (χ4v) is 13.0. The number of allylic oxidation sites excluding steroid dienone is 4. The van der Waals surface area contributed by atoms with Crippen LogP contribution in [0, 0.1) is 17.8 Å². The third-order valence-electron chi connectivity index (χ3n) is 17.5. The van der Waals surface area contributed by atoms with Crippen molar-refractivity contribution in [3.8, 4) is 0 Å². The van der Waals surface area contributed by atoms with Gasteiger partial charge >= 0.3 is 39.5 Å². The normalized spacial score (nSPS) is 14.2. The van der Waals surface area contributed by atoms with Gasteiger partial charge in [0, 0.05) is 25.7 Å². The Morgan fingerprint density at radius 3 is 0.835 bits per heavy atom. The third-order valence-corrected chi connectivity index (χ3v) is 19.4. The van der Waals surface area contributed by atoms with Crippen molar-refractivity contribution < 1.29 is 80.2 Å². The van der Waals surface area contributed by atoms with Crippen molar-refractivity contribution in [3.63, 3.8) is 0 Å². The Morgan fingerprint density at radius 2 is 0.557 bits per heavy atom. The van der Waals surface area contributed by atoms with E-state index in [9.17, 15) is 43.2 Å². The Hall–Kier alpha value is -2.46. The second kappa shape index (κ2) is 68.0. The van der Waals surface area contributed by atoms with Crippen LogP contribution in [0.1, 0.15) is 376 Å². The SMILES string of the molecule is CCCCCC/C=C\C=C/CCCCCCCC(=O)O[C@H](COC(=O)CCCCCCCCCCCCCCCCCCCCC(C)C)COP(=O)(O)OCC(O)COP(=O)(O)OC[C@@H](COC(=O)CCCCCCCCCCC(C)C)OC(=O)CCCCCCCCCC(C)C. The zero-order valence-electron chi connectivity index (χ0n) is 63.0. The number of esters is 4. The van der Waals surface area contributed by atoms with Crippen LogP contribution in [-0.4, -0.2) is 96.7 Å². The molecule has 0 aliphatic rings. The monoisotopic (exact) mass is 1420 g/mol. The van der Waals surface area contributed by atoms with Crippen molar-refractivity contribution >= 4 is 39.5 Å². The molecule has 5 atom stereocenters. The molecule has 19 heteroatoms. The summed E-state index contributed by atoms with van der Waals surface area (Å²) in [6, 6.07) is 0. The summed E-state index contributed by atoms with van der Waals surface area (Å²) in [6.07, 6.45) is 58.0. The lowest BCUT2D eigenvalue weighted by Gasteiger charge is -2.21. The number of hydrogen-bond acceptors (Lipinski definition) is 15. The Kier molecular flexibility index (Phi) is 66.3. The van der Waals surface area contributed by atoms with Gasteiger partial charge in [0.15, 0.2) is 12.2 Å². The van der Waals surface area contributed by atoms with Crippen LogP contribution in [0.4, 0.5) is 0 Å². The average molecular weight is 1420 g/mol. The molecule has 0 aromatic carbocycles. The number of aliphatic hydroxyl groups is 1. The van der Waals surface area contributed by atoms with Gasteiger partial charge in [0.1, 0.15) is 19.3 Å². The molecule has 572 valence electrons. The summed E-state index contributed by atoms with van der Waals surface area (Å²) >= 11 is 0. The standard InChI is InChI=1S/C78H148O17P2/c1-8-9-10-11-12-13-14-15-20-25-28-31-40-47-54-61-77(82)94-73(65-88-75(80)59-52-45-38-30-27-24-22-19-17-16-18-21-23-26-29-35-42-49-56-69(2)3)67-92-96(84,85)90-63-72(79)64-91-97(86,87)93-68-74(95-78(83)62-55-48-41-34-37-44-51-58-71(6)7)66-89-76(81)60-53-46-39-33-32-36-43-50-57-70(4)5/h13-15,20,69-74,79H,8-12,16-19,21-68H2,1-7H3,(H,84,85)(H,86,87)/b14-13-,20-15-/t72?,73-,74-/m1/s1. The first-order chi connectivity index (χ1) is 46.7. The molecule has 0 fully saturated rings. The second-order valence-corrected chi connectivity index (χ2v) is 31.7. The first-order valence-electron chi connectivity index (χ1n) is 39.7. The minimum absolute atomic E-state index is 0.0851. The van der Waals surface area contributed by atoms with Crippen molar-refractivity contribution in [3.05, 3.63) is 24.3 Å². The van der Waals surface area contributed by atoms with E-state index in [1.54, 1.807) is 0 Å². The van der Waals surface area contributed by atoms with Crippen molar-refractivity contribution in [2.45, 2.75) is 394 Å². The van der Waals surface area contributed by atoms with Gasteiger partial charge < -0.3 is 33.8 Å². The molecule has 0 bridgehead atoms. The Morgan fingerprint density at radius 1 is 0.320 bits per heavy atom. The van der Waals surface area contributed by atoms with Crippen LogP contribution in [0.3, 0.4) is 0 Å². The van der Waals surface area contributed by atoms with Gasteiger partial charge in [-0.2, -0.15) is 0 Å². The van der Waals surface area contributed by atoms with Crippen LogP contribution in [0.25, 0.3) is 0 Å². The lowest BCUT2D eigenvalue weighted by molar-refractivity contribution is -0.161. The van der Waals surface area contributed by atoms with Crippen LogP contribution < -0.4 is 0 Å². The molecule has 0 amide bonds. The highest BCUT2D eigenvalue weighted by molar-refractivity contribution is 7.47. The number of phosphoric acid groups is 2. The van der Waals surface area contributed by atoms with Crippen LogP contribution >= 0.6 is 15.6 Å². The van der Waals surface area contributed by atoms with Crippen molar-refractivity contribution in [1.29, 1.82) is 0 Å². The number of unbranched alkanes of at least 4 members (excludes halogenated alkanes) is 39. The predicted molar refractivity (Wildman–Crippen MR) is 395 cm³/mol. The molecule has 0 radical (unpaired) electrons. The number of carbonyl (C=O) groups is 4. The van der Waals surface area contributed by atoms with Crippen LogP contribution in [-0.2, 0) is 65.4 Å². The molecular formula is C78H148O17P2. The first-order valence-corrected chi connectivity index (χ1v) is 42.7. The predicted octanol–water partition coefficient (Wildman–Crippen LogP) is 22.5. The number of phosphoric ester groups is 2. The van der Waals surface area contributed by atoms with E-state index >= 15 is 0 Å².